The number of fused-ring (bicyclic) bond motifs is 2. The van der Waals surface area contributed by atoms with Crippen molar-refractivity contribution in [3.8, 4) is 46.0 Å². The van der Waals surface area contributed by atoms with Gasteiger partial charge in [-0.15, -0.1) is 0 Å². The first kappa shape index (κ1) is 42.8. The number of carboxylic acid groups (broad SMARTS) is 1. The third-order valence-electron chi connectivity index (χ3n) is 13.0. The van der Waals surface area contributed by atoms with Crippen LogP contribution in [0.3, 0.4) is 0 Å². The zero-order valence-electron chi connectivity index (χ0n) is 36.3. The molecule has 4 aromatic carbocycles. The minimum atomic E-state index is -1.02. The molecule has 0 radical (unpaired) electrons. The molecule has 0 aliphatic carbocycles. The molecule has 4 aliphatic rings. The Kier molecular flexibility index (Phi) is 13.3. The van der Waals surface area contributed by atoms with Crippen LogP contribution in [0.1, 0.15) is 104 Å². The van der Waals surface area contributed by atoms with Crippen molar-refractivity contribution < 1.29 is 47.6 Å². The molecule has 0 fully saturated rings. The summed E-state index contributed by atoms with van der Waals surface area (Å²) in [6.45, 7) is 4.95. The highest BCUT2D eigenvalue weighted by Crippen LogP contribution is 2.53. The van der Waals surface area contributed by atoms with E-state index in [4.69, 9.17) is 28.4 Å². The fourth-order valence-corrected chi connectivity index (χ4v) is 9.66. The van der Waals surface area contributed by atoms with Crippen LogP contribution >= 0.6 is 0 Å². The van der Waals surface area contributed by atoms with E-state index in [0.717, 1.165) is 72.0 Å². The van der Waals surface area contributed by atoms with Crippen LogP contribution in [0.25, 0.3) is 0 Å². The van der Waals surface area contributed by atoms with Crippen LogP contribution in [0.5, 0.6) is 46.0 Å². The van der Waals surface area contributed by atoms with Gasteiger partial charge in [-0.05, 0) is 91.0 Å². The van der Waals surface area contributed by atoms with Gasteiger partial charge in [0.25, 0.3) is 0 Å². The van der Waals surface area contributed by atoms with Crippen molar-refractivity contribution in [3.63, 3.8) is 0 Å². The number of esters is 1. The van der Waals surface area contributed by atoms with Crippen molar-refractivity contribution >= 4 is 11.9 Å². The number of benzene rings is 4. The maximum atomic E-state index is 13.3. The Bertz CT molecular complexity index is 2190. The van der Waals surface area contributed by atoms with Crippen molar-refractivity contribution in [1.82, 2.24) is 4.90 Å². The molecule has 0 saturated carbocycles. The summed E-state index contributed by atoms with van der Waals surface area (Å²) in [5.74, 6) is 2.21. The zero-order valence-corrected chi connectivity index (χ0v) is 36.3. The van der Waals surface area contributed by atoms with Gasteiger partial charge in [-0.1, -0.05) is 57.2 Å². The highest BCUT2D eigenvalue weighted by molar-refractivity contribution is 5.74. The number of nitrogens with zero attached hydrogens (tertiary/aromatic N) is 2. The Morgan fingerprint density at radius 1 is 0.817 bits per heavy atom. The predicted molar refractivity (Wildman–Crippen MR) is 228 cm³/mol. The normalized spacial score (nSPS) is 20.1. The largest absolute Gasteiger partial charge is 0.544 e. The highest BCUT2D eigenvalue weighted by atomic mass is 16.6. The van der Waals surface area contributed by atoms with Gasteiger partial charge < -0.3 is 42.8 Å². The number of carbonyl (C=O) groups is 2. The van der Waals surface area contributed by atoms with Gasteiger partial charge in [0, 0.05) is 49.9 Å². The van der Waals surface area contributed by atoms with Gasteiger partial charge >= 0.3 is 5.97 Å². The molecule has 6 bridgehead atoms. The lowest BCUT2D eigenvalue weighted by atomic mass is 9.84. The van der Waals surface area contributed by atoms with E-state index in [1.807, 2.05) is 48.5 Å². The molecule has 0 N–H and O–H groups in total. The van der Waals surface area contributed by atoms with E-state index in [-0.39, 0.29) is 22.3 Å². The van der Waals surface area contributed by atoms with Gasteiger partial charge in [0.2, 0.25) is 5.75 Å². The average molecular weight is 821 g/mol. The fraction of sp³-hybridized carbons (Fsp3) is 0.469. The van der Waals surface area contributed by atoms with Crippen molar-refractivity contribution in [1.29, 1.82) is 0 Å². The number of likely N-dealkylation sites (N-methyl/N-ethyl adjacent to an activating group) is 2. The summed E-state index contributed by atoms with van der Waals surface area (Å²) in [5, 5.41) is 13.3. The first-order valence-corrected chi connectivity index (χ1v) is 21.5. The summed E-state index contributed by atoms with van der Waals surface area (Å²) in [6.07, 6.45) is 9.41. The van der Waals surface area contributed by atoms with E-state index < -0.39 is 18.0 Å². The molecule has 320 valence electrons. The summed E-state index contributed by atoms with van der Waals surface area (Å²) in [4.78, 5) is 28.4. The summed E-state index contributed by atoms with van der Waals surface area (Å²) in [5.41, 5.74) is 5.99. The maximum absolute atomic E-state index is 13.3. The number of ether oxygens (including phenoxy) is 6. The van der Waals surface area contributed by atoms with Crippen LogP contribution in [0.15, 0.2) is 60.7 Å². The second kappa shape index (κ2) is 18.6. The highest BCUT2D eigenvalue weighted by Gasteiger charge is 2.46. The summed E-state index contributed by atoms with van der Waals surface area (Å²) < 4.78 is 37.6. The number of rotatable bonds is 13. The predicted octanol–water partition coefficient (Wildman–Crippen LogP) is 8.46. The van der Waals surface area contributed by atoms with Crippen LogP contribution in [0.2, 0.25) is 0 Å². The van der Waals surface area contributed by atoms with Gasteiger partial charge in [0.15, 0.2) is 34.5 Å². The Hall–Kier alpha value is -5.26. The van der Waals surface area contributed by atoms with Gasteiger partial charge in [0.1, 0.15) is 17.8 Å². The standard InChI is InChI=1S/C49H60N2O9/c1-8-9-10-11-12-13-14-39(49(53)54)51(4)24-22-34-28-42(56-6)44-30-37(34)40(51)26-32-15-18-36(19-16-32)59-43-27-33(17-20-41(43)55-5)25-38-46-35(21-23-50(38)3)29-45(57-7)47(48(46)60-44)58-31(2)52/h15-20,27-30,38-40H,8-14,21-26H2,1-7H3. The van der Waals surface area contributed by atoms with Gasteiger partial charge in [-0.25, -0.2) is 0 Å². The van der Waals surface area contributed by atoms with Crippen molar-refractivity contribution in [2.75, 3.05) is 48.5 Å². The van der Waals surface area contributed by atoms with Gasteiger partial charge in [0.05, 0.1) is 40.9 Å². The molecule has 4 atom stereocenters. The Balaban J connectivity index is 1.44. The molecule has 4 aliphatic heterocycles. The Morgan fingerprint density at radius 3 is 2.20 bits per heavy atom. The number of methoxy groups -OCH3 is 3. The van der Waals surface area contributed by atoms with Gasteiger partial charge in [-0.3, -0.25) is 9.69 Å². The Morgan fingerprint density at radius 2 is 1.50 bits per heavy atom. The topological polar surface area (TPSA) is 116 Å². The van der Waals surface area contributed by atoms with Crippen LogP contribution in [-0.2, 0) is 35.3 Å². The van der Waals surface area contributed by atoms with Crippen molar-refractivity contribution in [2.24, 2.45) is 0 Å². The van der Waals surface area contributed by atoms with E-state index in [2.05, 4.69) is 38.1 Å². The van der Waals surface area contributed by atoms with E-state index in [0.29, 0.717) is 78.9 Å². The first-order chi connectivity index (χ1) is 29.0. The molecular formula is C49H60N2O9. The molecule has 4 aromatic rings. The van der Waals surface area contributed by atoms with Crippen LogP contribution in [-0.4, -0.2) is 75.9 Å². The third kappa shape index (κ3) is 8.79. The number of aliphatic carboxylic acids is 1. The van der Waals surface area contributed by atoms with E-state index in [1.54, 1.807) is 21.3 Å². The van der Waals surface area contributed by atoms with Crippen molar-refractivity contribution in [3.05, 3.63) is 94.0 Å². The summed E-state index contributed by atoms with van der Waals surface area (Å²) >= 11 is 0. The molecule has 60 heavy (non-hydrogen) atoms. The second-order valence-electron chi connectivity index (χ2n) is 16.8. The SMILES string of the molecule is CCCCCCCCC(C(=O)[O-])[N+]1(C)CCc2cc(OC)c3cc2C1Cc1ccc(cc1)Oc1cc(ccc1OC)CC1c2c(cc(OC)c(OC(C)=O)c2O3)CCN1C. The maximum Gasteiger partial charge on any atom is 0.308 e. The van der Waals surface area contributed by atoms with Gasteiger partial charge in [-0.2, -0.15) is 0 Å². The molecule has 0 saturated heterocycles. The number of unbranched alkanes of at least 4 members (excludes halogenated alkanes) is 5. The zero-order chi connectivity index (χ0) is 42.6. The molecule has 0 amide bonds. The summed E-state index contributed by atoms with van der Waals surface area (Å²) in [7, 11) is 8.97. The molecular weight excluding hydrogens is 761 g/mol. The minimum absolute atomic E-state index is 0.185. The number of hydrogen-bond acceptors (Lipinski definition) is 10. The molecule has 8 rings (SSSR count). The fourth-order valence-electron chi connectivity index (χ4n) is 9.66. The molecule has 11 heteroatoms. The van der Waals surface area contributed by atoms with Crippen LogP contribution in [0.4, 0.5) is 0 Å². The average Bonchev–Trinajstić information content (AvgIpc) is 3.23. The molecule has 0 aromatic heterocycles. The minimum Gasteiger partial charge on any atom is -0.544 e. The lowest BCUT2D eigenvalue weighted by Gasteiger charge is -2.51. The number of quaternary nitrogens is 1. The summed E-state index contributed by atoms with van der Waals surface area (Å²) in [6, 6.07) is 18.8. The third-order valence-corrected chi connectivity index (χ3v) is 13.0. The molecule has 0 spiro atoms. The lowest BCUT2D eigenvalue weighted by molar-refractivity contribution is -0.958. The van der Waals surface area contributed by atoms with E-state index in [9.17, 15) is 14.7 Å². The van der Waals surface area contributed by atoms with E-state index >= 15 is 0 Å². The number of hydrogen-bond donors (Lipinski definition) is 0. The van der Waals surface area contributed by atoms with Crippen molar-refractivity contribution in [2.45, 2.75) is 103 Å². The molecule has 11 nitrogen and oxygen atoms in total. The Labute approximate surface area is 354 Å². The molecule has 4 heterocycles. The lowest BCUT2D eigenvalue weighted by Crippen LogP contribution is -2.63. The molecule has 4 unspecified atom stereocenters. The quantitative estimate of drug-likeness (QED) is 0.0563. The van der Waals surface area contributed by atoms with E-state index in [1.165, 1.54) is 13.3 Å². The smallest absolute Gasteiger partial charge is 0.308 e. The van der Waals surface area contributed by atoms with Crippen LogP contribution in [0, 0.1) is 0 Å². The number of carbonyl (C=O) groups excluding carboxylic acids is 2. The van der Waals surface area contributed by atoms with Crippen LogP contribution < -0.4 is 33.5 Å². The first-order valence-electron chi connectivity index (χ1n) is 21.5. The monoisotopic (exact) mass is 820 g/mol. The number of carboxylic acids is 1. The second-order valence-corrected chi connectivity index (χ2v) is 16.8.